The number of carboxylic acid groups (broad SMARTS) is 2. The first-order valence-electron chi connectivity index (χ1n) is 13.2. The van der Waals surface area contributed by atoms with Crippen molar-refractivity contribution in [2.24, 2.45) is 0 Å². The lowest BCUT2D eigenvalue weighted by atomic mass is 10.1. The molecule has 2 saturated heterocycles. The average Bonchev–Trinajstić information content (AvgIpc) is 3.70. The molecule has 1 amide bonds. The van der Waals surface area contributed by atoms with Gasteiger partial charge in [-0.1, -0.05) is 0 Å². The second-order valence-corrected chi connectivity index (χ2v) is 9.69. The van der Waals surface area contributed by atoms with Crippen LogP contribution in [0.3, 0.4) is 0 Å². The Morgan fingerprint density at radius 1 is 0.975 bits per heavy atom. The Morgan fingerprint density at radius 2 is 1.57 bits per heavy atom. The second kappa shape index (κ2) is 14.0. The Kier molecular flexibility index (Phi) is 10.8. The van der Waals surface area contributed by atoms with Gasteiger partial charge in [-0.05, 0) is 76.9 Å². The van der Waals surface area contributed by atoms with Crippen LogP contribution >= 0.6 is 0 Å². The van der Waals surface area contributed by atoms with E-state index in [1.54, 1.807) is 11.6 Å². The third-order valence-electron chi connectivity index (χ3n) is 6.97. The topological polar surface area (TPSA) is 183 Å². The molecule has 0 bridgehead atoms. The summed E-state index contributed by atoms with van der Waals surface area (Å²) >= 11 is 0. The fourth-order valence-corrected chi connectivity index (χ4v) is 4.82. The lowest BCUT2D eigenvalue weighted by Crippen LogP contribution is -2.42. The van der Waals surface area contributed by atoms with Crippen LogP contribution in [0, 0.1) is 6.92 Å². The largest absolute Gasteiger partial charge is 0.479 e. The van der Waals surface area contributed by atoms with Gasteiger partial charge in [0.1, 0.15) is 5.56 Å². The van der Waals surface area contributed by atoms with Gasteiger partial charge in [0.05, 0.1) is 24.2 Å². The van der Waals surface area contributed by atoms with Crippen LogP contribution < -0.4 is 0 Å². The van der Waals surface area contributed by atoms with Crippen molar-refractivity contribution in [1.29, 1.82) is 0 Å². The number of hydrogen-bond acceptors (Lipinski definition) is 9. The number of ether oxygens (including phenoxy) is 1. The molecule has 0 aliphatic carbocycles. The summed E-state index contributed by atoms with van der Waals surface area (Å²) in [5, 5.41) is 36.9. The van der Waals surface area contributed by atoms with Gasteiger partial charge in [-0.25, -0.2) is 19.1 Å². The maximum absolute atomic E-state index is 13.1. The minimum absolute atomic E-state index is 0.104. The van der Waals surface area contributed by atoms with Gasteiger partial charge in [0.25, 0.3) is 5.91 Å². The Labute approximate surface area is 231 Å². The molecule has 3 atom stereocenters. The summed E-state index contributed by atoms with van der Waals surface area (Å²) < 4.78 is 6.78. The average molecular weight is 561 g/mol. The van der Waals surface area contributed by atoms with Crippen molar-refractivity contribution in [3.63, 3.8) is 0 Å². The van der Waals surface area contributed by atoms with Crippen molar-refractivity contribution in [1.82, 2.24) is 19.6 Å². The summed E-state index contributed by atoms with van der Waals surface area (Å²) in [6.07, 6.45) is 1.70. The van der Waals surface area contributed by atoms with E-state index in [2.05, 4.69) is 10.00 Å². The number of hydrogen-bond donors (Lipinski definition) is 4. The molecule has 3 unspecified atom stereocenters. The van der Waals surface area contributed by atoms with Crippen LogP contribution in [0.5, 0.6) is 0 Å². The van der Waals surface area contributed by atoms with Gasteiger partial charge in [-0.3, -0.25) is 4.79 Å². The number of likely N-dealkylation sites (tertiary alicyclic amines) is 2. The molecular formula is C27H36N4O9. The summed E-state index contributed by atoms with van der Waals surface area (Å²) in [5.41, 5.74) is 2.69. The molecule has 4 N–H and O–H groups in total. The monoisotopic (exact) mass is 560 g/mol. The number of benzene rings is 1. The van der Waals surface area contributed by atoms with Gasteiger partial charge in [-0.15, -0.1) is 0 Å². The quantitative estimate of drug-likeness (QED) is 0.320. The van der Waals surface area contributed by atoms with Crippen LogP contribution in [0.15, 0.2) is 30.5 Å². The minimum atomic E-state index is -2.27. The first kappa shape index (κ1) is 30.7. The van der Waals surface area contributed by atoms with Crippen LogP contribution in [0.2, 0.25) is 0 Å². The van der Waals surface area contributed by atoms with Crippen molar-refractivity contribution < 1.29 is 44.3 Å². The van der Waals surface area contributed by atoms with E-state index in [1.165, 1.54) is 19.0 Å². The van der Waals surface area contributed by atoms with Crippen LogP contribution in [-0.4, -0.2) is 115 Å². The third kappa shape index (κ3) is 7.43. The number of amides is 1. The summed E-state index contributed by atoms with van der Waals surface area (Å²) in [6.45, 7) is 8.09. The van der Waals surface area contributed by atoms with Gasteiger partial charge in [0.2, 0.25) is 0 Å². The van der Waals surface area contributed by atoms with E-state index in [0.29, 0.717) is 23.8 Å². The molecule has 2 fully saturated rings. The normalized spacial score (nSPS) is 18.5. The molecule has 3 heterocycles. The van der Waals surface area contributed by atoms with E-state index in [9.17, 15) is 19.2 Å². The zero-order chi connectivity index (χ0) is 29.4. The van der Waals surface area contributed by atoms with Crippen LogP contribution in [0.1, 0.15) is 59.0 Å². The molecule has 2 aliphatic heterocycles. The molecule has 0 radical (unpaired) electrons. The van der Waals surface area contributed by atoms with E-state index in [0.717, 1.165) is 50.4 Å². The van der Waals surface area contributed by atoms with Gasteiger partial charge in [0, 0.05) is 24.7 Å². The number of carbonyl (C=O) groups is 4. The molecule has 0 saturated carbocycles. The number of esters is 1. The molecular weight excluding hydrogens is 524 g/mol. The lowest BCUT2D eigenvalue weighted by molar-refractivity contribution is -0.165. The van der Waals surface area contributed by atoms with Gasteiger partial charge in [-0.2, -0.15) is 5.10 Å². The first-order chi connectivity index (χ1) is 19.0. The Bertz CT molecular complexity index is 1170. The first-order valence-corrected chi connectivity index (χ1v) is 13.2. The highest BCUT2D eigenvalue weighted by molar-refractivity contribution is 5.95. The van der Waals surface area contributed by atoms with Crippen molar-refractivity contribution in [2.75, 3.05) is 32.8 Å². The summed E-state index contributed by atoms with van der Waals surface area (Å²) in [4.78, 5) is 49.2. The standard InChI is InChI=1S/C23H30N4O3.C4H6O6/c1-3-30-23(29)21-15-24-27(17(21)2)19-10-8-18(9-11-19)22(28)26-14-6-7-20(26)16-25-12-4-5-13-25;5-1(3(7)8)2(6)4(9)10/h8-11,15,20H,3-7,12-14,16H2,1-2H3;1-2,5-6H,(H,7,8)(H,9,10). The maximum atomic E-state index is 13.1. The van der Waals surface area contributed by atoms with Gasteiger partial charge < -0.3 is 35.0 Å². The van der Waals surface area contributed by atoms with Gasteiger partial charge in [0.15, 0.2) is 12.2 Å². The van der Waals surface area contributed by atoms with E-state index in [-0.39, 0.29) is 11.9 Å². The van der Waals surface area contributed by atoms with E-state index in [1.807, 2.05) is 36.1 Å². The molecule has 2 aromatic rings. The van der Waals surface area contributed by atoms with Crippen LogP contribution in [0.4, 0.5) is 0 Å². The zero-order valence-corrected chi connectivity index (χ0v) is 22.6. The van der Waals surface area contributed by atoms with Crippen LogP contribution in [-0.2, 0) is 14.3 Å². The highest BCUT2D eigenvalue weighted by Crippen LogP contribution is 2.23. The summed E-state index contributed by atoms with van der Waals surface area (Å²) in [5.74, 6) is -3.80. The Morgan fingerprint density at radius 3 is 2.12 bits per heavy atom. The fraction of sp³-hybridized carbons (Fsp3) is 0.519. The van der Waals surface area contributed by atoms with E-state index in [4.69, 9.17) is 25.2 Å². The Balaban J connectivity index is 0.000000378. The number of aliphatic carboxylic acids is 2. The van der Waals surface area contributed by atoms with Crippen LogP contribution in [0.25, 0.3) is 5.69 Å². The lowest BCUT2D eigenvalue weighted by Gasteiger charge is -2.28. The zero-order valence-electron chi connectivity index (χ0n) is 22.6. The van der Waals surface area contributed by atoms with Crippen molar-refractivity contribution in [3.8, 4) is 5.69 Å². The number of rotatable bonds is 9. The number of aromatic nitrogens is 2. The summed E-state index contributed by atoms with van der Waals surface area (Å²) in [6, 6.07) is 7.79. The molecule has 218 valence electrons. The number of aliphatic hydroxyl groups excluding tert-OH is 2. The number of carbonyl (C=O) groups excluding carboxylic acids is 2. The third-order valence-corrected chi connectivity index (χ3v) is 6.97. The molecule has 4 rings (SSSR count). The highest BCUT2D eigenvalue weighted by atomic mass is 16.5. The summed E-state index contributed by atoms with van der Waals surface area (Å²) in [7, 11) is 0. The molecule has 40 heavy (non-hydrogen) atoms. The maximum Gasteiger partial charge on any atom is 0.341 e. The molecule has 13 nitrogen and oxygen atoms in total. The molecule has 13 heteroatoms. The smallest absolute Gasteiger partial charge is 0.341 e. The number of aliphatic hydroxyl groups is 2. The SMILES string of the molecule is CCOC(=O)c1cnn(-c2ccc(C(=O)N3CCCC3CN3CCCC3)cc2)c1C.O=C(O)C(O)C(O)C(=O)O. The van der Waals surface area contributed by atoms with E-state index >= 15 is 0 Å². The molecule has 1 aromatic heterocycles. The van der Waals surface area contributed by atoms with E-state index < -0.39 is 24.1 Å². The Hall–Kier alpha value is -3.81. The minimum Gasteiger partial charge on any atom is -0.479 e. The molecule has 0 spiro atoms. The van der Waals surface area contributed by atoms with Crippen molar-refractivity contribution in [3.05, 3.63) is 47.3 Å². The van der Waals surface area contributed by atoms with Gasteiger partial charge >= 0.3 is 17.9 Å². The predicted molar refractivity (Wildman–Crippen MR) is 141 cm³/mol. The second-order valence-electron chi connectivity index (χ2n) is 9.69. The predicted octanol–water partition coefficient (Wildman–Crippen LogP) is 0.935. The number of carboxylic acids is 2. The van der Waals surface area contributed by atoms with Crippen molar-refractivity contribution >= 4 is 23.8 Å². The molecule has 2 aliphatic rings. The highest BCUT2D eigenvalue weighted by Gasteiger charge is 2.31. The fourth-order valence-electron chi connectivity index (χ4n) is 4.82. The number of nitrogens with zero attached hydrogens (tertiary/aromatic N) is 4. The van der Waals surface area contributed by atoms with Crippen molar-refractivity contribution in [2.45, 2.75) is 57.8 Å². The molecule has 1 aromatic carbocycles.